The van der Waals surface area contributed by atoms with Crippen molar-refractivity contribution in [3.63, 3.8) is 0 Å². The molecule has 0 aliphatic heterocycles. The van der Waals surface area contributed by atoms with Gasteiger partial charge in [-0.15, -0.1) is 0 Å². The lowest BCUT2D eigenvalue weighted by Gasteiger charge is -2.17. The summed E-state index contributed by atoms with van der Waals surface area (Å²) in [6.07, 6.45) is 0.582. The molecule has 0 aliphatic rings. The maximum atomic E-state index is 10.8. The fourth-order valence-electron chi connectivity index (χ4n) is 1.02. The van der Waals surface area contributed by atoms with Gasteiger partial charge in [0.15, 0.2) is 0 Å². The first kappa shape index (κ1) is 11.4. The second-order valence-corrected chi connectivity index (χ2v) is 2.73. The van der Waals surface area contributed by atoms with Crippen molar-refractivity contribution in [3.8, 4) is 0 Å². The quantitative estimate of drug-likeness (QED) is 0.644. The normalized spacial score (nSPS) is 10.3. The molecule has 72 valence electrons. The van der Waals surface area contributed by atoms with E-state index in [1.54, 1.807) is 0 Å². The van der Waals surface area contributed by atoms with E-state index in [0.717, 1.165) is 26.2 Å². The second kappa shape index (κ2) is 7.10. The molecule has 3 nitrogen and oxygen atoms in total. The fraction of sp³-hybridized carbons (Fsp3) is 0.889. The molecule has 0 spiro atoms. The smallest absolute Gasteiger partial charge is 0.219 e. The molecule has 1 N–H and O–H groups in total. The Morgan fingerprint density at radius 3 is 2.25 bits per heavy atom. The van der Waals surface area contributed by atoms with E-state index in [1.165, 1.54) is 0 Å². The number of nitrogens with zero attached hydrogens (tertiary/aromatic N) is 1. The molecule has 0 bridgehead atoms. The van der Waals surface area contributed by atoms with Gasteiger partial charge in [0, 0.05) is 19.5 Å². The lowest BCUT2D eigenvalue weighted by molar-refractivity contribution is -0.120. The van der Waals surface area contributed by atoms with Gasteiger partial charge in [-0.3, -0.25) is 4.79 Å². The topological polar surface area (TPSA) is 32.3 Å². The van der Waals surface area contributed by atoms with Crippen molar-refractivity contribution in [1.82, 2.24) is 10.2 Å². The standard InChI is InChI=1S/C9H20N2O/c1-4-9(12)10-7-8-11(5-2)6-3/h4-8H2,1-3H3,(H,10,12). The van der Waals surface area contributed by atoms with E-state index in [-0.39, 0.29) is 5.91 Å². The third kappa shape index (κ3) is 5.13. The highest BCUT2D eigenvalue weighted by Crippen LogP contribution is 1.84. The van der Waals surface area contributed by atoms with Crippen LogP contribution in [0, 0.1) is 0 Å². The summed E-state index contributed by atoms with van der Waals surface area (Å²) in [4.78, 5) is 13.1. The molecular weight excluding hydrogens is 152 g/mol. The van der Waals surface area contributed by atoms with Crippen molar-refractivity contribution in [1.29, 1.82) is 0 Å². The van der Waals surface area contributed by atoms with Gasteiger partial charge in [0.2, 0.25) is 5.91 Å². The highest BCUT2D eigenvalue weighted by molar-refractivity contribution is 5.75. The molecule has 12 heavy (non-hydrogen) atoms. The molecule has 0 radical (unpaired) electrons. The second-order valence-electron chi connectivity index (χ2n) is 2.73. The molecule has 0 rings (SSSR count). The highest BCUT2D eigenvalue weighted by atomic mass is 16.1. The summed E-state index contributed by atoms with van der Waals surface area (Å²) in [5.74, 6) is 0.141. The van der Waals surface area contributed by atoms with Gasteiger partial charge in [-0.2, -0.15) is 0 Å². The molecule has 0 saturated heterocycles. The van der Waals surface area contributed by atoms with Crippen LogP contribution in [0.5, 0.6) is 0 Å². The largest absolute Gasteiger partial charge is 0.355 e. The lowest BCUT2D eigenvalue weighted by Crippen LogP contribution is -2.34. The van der Waals surface area contributed by atoms with Gasteiger partial charge in [-0.1, -0.05) is 20.8 Å². The summed E-state index contributed by atoms with van der Waals surface area (Å²) < 4.78 is 0. The van der Waals surface area contributed by atoms with Crippen LogP contribution in [0.2, 0.25) is 0 Å². The number of hydrogen-bond donors (Lipinski definition) is 1. The van der Waals surface area contributed by atoms with Gasteiger partial charge >= 0.3 is 0 Å². The Morgan fingerprint density at radius 2 is 1.83 bits per heavy atom. The van der Waals surface area contributed by atoms with Gasteiger partial charge in [-0.05, 0) is 13.1 Å². The fourth-order valence-corrected chi connectivity index (χ4v) is 1.02. The Morgan fingerprint density at radius 1 is 1.25 bits per heavy atom. The van der Waals surface area contributed by atoms with Crippen LogP contribution in [-0.2, 0) is 4.79 Å². The van der Waals surface area contributed by atoms with Crippen molar-refractivity contribution in [2.45, 2.75) is 27.2 Å². The zero-order chi connectivity index (χ0) is 9.40. The molecule has 0 aromatic rings. The van der Waals surface area contributed by atoms with Crippen LogP contribution in [0.4, 0.5) is 0 Å². The summed E-state index contributed by atoms with van der Waals surface area (Å²) in [6, 6.07) is 0. The van der Waals surface area contributed by atoms with Crippen molar-refractivity contribution in [3.05, 3.63) is 0 Å². The predicted octanol–water partition coefficient (Wildman–Crippen LogP) is 0.854. The Bertz CT molecular complexity index is 122. The molecule has 0 aromatic heterocycles. The Labute approximate surface area is 75.1 Å². The molecule has 3 heteroatoms. The molecule has 0 unspecified atom stereocenters. The monoisotopic (exact) mass is 172 g/mol. The molecule has 0 aromatic carbocycles. The molecule has 0 saturated carbocycles. The van der Waals surface area contributed by atoms with Gasteiger partial charge in [-0.25, -0.2) is 0 Å². The van der Waals surface area contributed by atoms with E-state index in [4.69, 9.17) is 0 Å². The van der Waals surface area contributed by atoms with Crippen molar-refractivity contribution in [2.75, 3.05) is 26.2 Å². The average Bonchev–Trinajstić information content (AvgIpc) is 2.12. The minimum Gasteiger partial charge on any atom is -0.355 e. The summed E-state index contributed by atoms with van der Waals surface area (Å²) in [7, 11) is 0. The molecule has 0 heterocycles. The molecule has 0 fully saturated rings. The van der Waals surface area contributed by atoms with Crippen molar-refractivity contribution >= 4 is 5.91 Å². The maximum absolute atomic E-state index is 10.8. The zero-order valence-electron chi connectivity index (χ0n) is 8.39. The number of carbonyl (C=O) groups excluding carboxylic acids is 1. The van der Waals surface area contributed by atoms with Crippen molar-refractivity contribution in [2.24, 2.45) is 0 Å². The molecule has 0 atom stereocenters. The van der Waals surface area contributed by atoms with Crippen LogP contribution in [0.15, 0.2) is 0 Å². The van der Waals surface area contributed by atoms with Crippen LogP contribution in [0.25, 0.3) is 0 Å². The molecule has 1 amide bonds. The van der Waals surface area contributed by atoms with Gasteiger partial charge < -0.3 is 10.2 Å². The van der Waals surface area contributed by atoms with Crippen LogP contribution in [-0.4, -0.2) is 37.0 Å². The Hall–Kier alpha value is -0.570. The maximum Gasteiger partial charge on any atom is 0.219 e. The number of likely N-dealkylation sites (N-methyl/N-ethyl adjacent to an activating group) is 1. The minimum atomic E-state index is 0.141. The SMILES string of the molecule is CCC(=O)NCCN(CC)CC. The van der Waals surface area contributed by atoms with E-state index in [9.17, 15) is 4.79 Å². The molecular formula is C9H20N2O. The van der Waals surface area contributed by atoms with Crippen LogP contribution < -0.4 is 5.32 Å². The van der Waals surface area contributed by atoms with Crippen LogP contribution in [0.3, 0.4) is 0 Å². The summed E-state index contributed by atoms with van der Waals surface area (Å²) in [6.45, 7) is 9.97. The zero-order valence-corrected chi connectivity index (χ0v) is 8.39. The predicted molar refractivity (Wildman–Crippen MR) is 51.1 cm³/mol. The number of hydrogen-bond acceptors (Lipinski definition) is 2. The van der Waals surface area contributed by atoms with Crippen LogP contribution >= 0.6 is 0 Å². The minimum absolute atomic E-state index is 0.141. The van der Waals surface area contributed by atoms with E-state index in [2.05, 4.69) is 24.1 Å². The first-order chi connectivity index (χ1) is 5.74. The van der Waals surface area contributed by atoms with E-state index in [1.807, 2.05) is 6.92 Å². The number of rotatable bonds is 6. The van der Waals surface area contributed by atoms with Gasteiger partial charge in [0.1, 0.15) is 0 Å². The first-order valence-electron chi connectivity index (χ1n) is 4.73. The summed E-state index contributed by atoms with van der Waals surface area (Å²) in [5, 5.41) is 2.85. The third-order valence-electron chi connectivity index (χ3n) is 1.97. The Balaban J connectivity index is 3.34. The van der Waals surface area contributed by atoms with Crippen LogP contribution in [0.1, 0.15) is 27.2 Å². The van der Waals surface area contributed by atoms with E-state index in [0.29, 0.717) is 6.42 Å². The molecule has 0 aliphatic carbocycles. The summed E-state index contributed by atoms with van der Waals surface area (Å²) in [5.41, 5.74) is 0. The van der Waals surface area contributed by atoms with Crippen molar-refractivity contribution < 1.29 is 4.79 Å². The number of amides is 1. The number of nitrogens with one attached hydrogen (secondary N) is 1. The Kier molecular flexibility index (Phi) is 6.76. The van der Waals surface area contributed by atoms with E-state index < -0.39 is 0 Å². The number of carbonyl (C=O) groups is 1. The first-order valence-corrected chi connectivity index (χ1v) is 4.73. The third-order valence-corrected chi connectivity index (χ3v) is 1.97. The van der Waals surface area contributed by atoms with E-state index >= 15 is 0 Å². The average molecular weight is 172 g/mol. The lowest BCUT2D eigenvalue weighted by atomic mass is 10.4. The van der Waals surface area contributed by atoms with Gasteiger partial charge in [0.05, 0.1) is 0 Å². The summed E-state index contributed by atoms with van der Waals surface area (Å²) >= 11 is 0. The van der Waals surface area contributed by atoms with Gasteiger partial charge in [0.25, 0.3) is 0 Å². The highest BCUT2D eigenvalue weighted by Gasteiger charge is 1.99.